The summed E-state index contributed by atoms with van der Waals surface area (Å²) in [6, 6.07) is 9.44. The fourth-order valence-electron chi connectivity index (χ4n) is 1.58. The molecule has 0 unspecified atom stereocenters. The van der Waals surface area contributed by atoms with E-state index >= 15 is 0 Å². The molecule has 6 nitrogen and oxygen atoms in total. The third-order valence-corrected chi connectivity index (χ3v) is 2.48. The van der Waals surface area contributed by atoms with E-state index in [1.54, 1.807) is 7.05 Å². The predicted molar refractivity (Wildman–Crippen MR) is 73.2 cm³/mol. The van der Waals surface area contributed by atoms with Crippen LogP contribution in [0.25, 0.3) is 0 Å². The van der Waals surface area contributed by atoms with Gasteiger partial charge < -0.3 is 15.4 Å². The average molecular weight is 258 g/mol. The van der Waals surface area contributed by atoms with Gasteiger partial charge >= 0.3 is 0 Å². The van der Waals surface area contributed by atoms with Crippen molar-refractivity contribution in [2.75, 3.05) is 24.8 Å². The van der Waals surface area contributed by atoms with Crippen molar-refractivity contribution in [3.63, 3.8) is 0 Å². The van der Waals surface area contributed by atoms with Gasteiger partial charge in [0.05, 0.1) is 7.11 Å². The van der Waals surface area contributed by atoms with Gasteiger partial charge in [-0.25, -0.2) is 0 Å². The second kappa shape index (κ2) is 5.81. The van der Waals surface area contributed by atoms with E-state index in [1.807, 2.05) is 30.3 Å². The first-order valence-electron chi connectivity index (χ1n) is 5.69. The molecule has 0 saturated carbocycles. The summed E-state index contributed by atoms with van der Waals surface area (Å²) in [7, 11) is 3.16. The molecule has 1 aromatic carbocycles. The zero-order valence-electron chi connectivity index (χ0n) is 10.7. The molecule has 98 valence electrons. The number of carbonyl (C=O) groups is 1. The summed E-state index contributed by atoms with van der Waals surface area (Å²) in [6.07, 6.45) is 0.670. The molecule has 1 aromatic heterocycles. The maximum Gasteiger partial charge on any atom is 0.230 e. The van der Waals surface area contributed by atoms with Gasteiger partial charge in [0.15, 0.2) is 12.1 Å². The monoisotopic (exact) mass is 258 g/mol. The van der Waals surface area contributed by atoms with E-state index in [0.29, 0.717) is 18.1 Å². The Morgan fingerprint density at radius 2 is 1.95 bits per heavy atom. The minimum absolute atomic E-state index is 0.229. The Bertz CT molecular complexity index is 572. The fourth-order valence-corrected chi connectivity index (χ4v) is 1.58. The van der Waals surface area contributed by atoms with E-state index in [-0.39, 0.29) is 11.4 Å². The summed E-state index contributed by atoms with van der Waals surface area (Å²) in [5.74, 6) is 1.01. The maximum absolute atomic E-state index is 11.2. The molecule has 0 aliphatic heterocycles. The van der Waals surface area contributed by atoms with Crippen molar-refractivity contribution < 1.29 is 9.53 Å². The molecule has 2 rings (SSSR count). The van der Waals surface area contributed by atoms with Crippen molar-refractivity contribution in [3.05, 3.63) is 35.9 Å². The van der Waals surface area contributed by atoms with Crippen LogP contribution in [0.5, 0.6) is 5.88 Å². The van der Waals surface area contributed by atoms with Crippen LogP contribution in [0.2, 0.25) is 0 Å². The fraction of sp³-hybridized carbons (Fsp3) is 0.154. The predicted octanol–water partition coefficient (Wildman–Crippen LogP) is 2.08. The average Bonchev–Trinajstić information content (AvgIpc) is 2.47. The Balaban J connectivity index is 2.45. The Kier molecular flexibility index (Phi) is 3.92. The van der Waals surface area contributed by atoms with Crippen molar-refractivity contribution >= 4 is 23.7 Å². The van der Waals surface area contributed by atoms with Crippen molar-refractivity contribution in [1.82, 2.24) is 9.97 Å². The zero-order valence-corrected chi connectivity index (χ0v) is 10.7. The first-order chi connectivity index (χ1) is 9.28. The molecule has 0 atom stereocenters. The zero-order chi connectivity index (χ0) is 13.7. The Morgan fingerprint density at radius 1 is 1.21 bits per heavy atom. The number of benzene rings is 1. The molecule has 1 heterocycles. The molecule has 2 N–H and O–H groups in total. The first-order valence-corrected chi connectivity index (χ1v) is 5.69. The van der Waals surface area contributed by atoms with Gasteiger partial charge in [0.25, 0.3) is 0 Å². The van der Waals surface area contributed by atoms with E-state index in [1.165, 1.54) is 7.11 Å². The molecule has 0 fully saturated rings. The van der Waals surface area contributed by atoms with Crippen molar-refractivity contribution in [2.45, 2.75) is 0 Å². The Hall–Kier alpha value is -2.63. The molecule has 19 heavy (non-hydrogen) atoms. The third kappa shape index (κ3) is 2.79. The van der Waals surface area contributed by atoms with Crippen molar-refractivity contribution in [3.8, 4) is 5.88 Å². The second-order valence-corrected chi connectivity index (χ2v) is 3.68. The van der Waals surface area contributed by atoms with Crippen LogP contribution in [0.15, 0.2) is 30.3 Å². The lowest BCUT2D eigenvalue weighted by Gasteiger charge is -2.12. The highest BCUT2D eigenvalue weighted by Crippen LogP contribution is 2.25. The highest BCUT2D eigenvalue weighted by molar-refractivity contribution is 5.87. The Morgan fingerprint density at radius 3 is 2.53 bits per heavy atom. The quantitative estimate of drug-likeness (QED) is 0.800. The van der Waals surface area contributed by atoms with E-state index in [0.717, 1.165) is 5.69 Å². The van der Waals surface area contributed by atoms with E-state index in [4.69, 9.17) is 4.74 Å². The van der Waals surface area contributed by atoms with Crippen LogP contribution in [0.4, 0.5) is 17.5 Å². The van der Waals surface area contributed by atoms with E-state index in [2.05, 4.69) is 20.6 Å². The largest absolute Gasteiger partial charge is 0.480 e. The van der Waals surface area contributed by atoms with E-state index in [9.17, 15) is 4.79 Å². The summed E-state index contributed by atoms with van der Waals surface area (Å²) in [5, 5.41) is 5.89. The first kappa shape index (κ1) is 12.8. The molecule has 0 radical (unpaired) electrons. The minimum Gasteiger partial charge on any atom is -0.480 e. The normalized spacial score (nSPS) is 9.79. The number of aromatic nitrogens is 2. The van der Waals surface area contributed by atoms with Crippen molar-refractivity contribution in [2.24, 2.45) is 0 Å². The van der Waals surface area contributed by atoms with Gasteiger partial charge in [-0.05, 0) is 12.1 Å². The number of para-hydroxylation sites is 1. The minimum atomic E-state index is 0.229. The smallest absolute Gasteiger partial charge is 0.230 e. The summed E-state index contributed by atoms with van der Waals surface area (Å²) >= 11 is 0. The summed E-state index contributed by atoms with van der Waals surface area (Å²) in [5.41, 5.74) is 1.11. The van der Waals surface area contributed by atoms with Crippen LogP contribution in [0, 0.1) is 0 Å². The van der Waals surface area contributed by atoms with Gasteiger partial charge in [-0.1, -0.05) is 18.2 Å². The molecule has 0 aliphatic carbocycles. The number of carbonyl (C=O) groups excluding carboxylic acids is 1. The molecule has 2 aromatic rings. The summed E-state index contributed by atoms with van der Waals surface area (Å²) in [6.45, 7) is 0. The number of hydrogen-bond acceptors (Lipinski definition) is 6. The van der Waals surface area contributed by atoms with Crippen LogP contribution in [-0.4, -0.2) is 30.4 Å². The molecule has 0 spiro atoms. The molecule has 6 heteroatoms. The molecular formula is C13H14N4O2. The molecular weight excluding hydrogens is 244 g/mol. The summed E-state index contributed by atoms with van der Waals surface area (Å²) in [4.78, 5) is 19.5. The number of rotatable bonds is 5. The Labute approximate surface area is 110 Å². The topological polar surface area (TPSA) is 76.1 Å². The lowest BCUT2D eigenvalue weighted by atomic mass is 10.3. The number of hydrogen-bond donors (Lipinski definition) is 2. The molecule has 0 aliphatic rings. The van der Waals surface area contributed by atoms with Crippen LogP contribution in [0.3, 0.4) is 0 Å². The van der Waals surface area contributed by atoms with Crippen LogP contribution < -0.4 is 15.4 Å². The van der Waals surface area contributed by atoms with Gasteiger partial charge in [-0.2, -0.15) is 9.97 Å². The van der Waals surface area contributed by atoms with E-state index < -0.39 is 0 Å². The second-order valence-electron chi connectivity index (χ2n) is 3.68. The molecule has 0 saturated heterocycles. The van der Waals surface area contributed by atoms with Gasteiger partial charge in [-0.3, -0.25) is 4.79 Å². The van der Waals surface area contributed by atoms with Gasteiger partial charge in [-0.15, -0.1) is 0 Å². The van der Waals surface area contributed by atoms with Gasteiger partial charge in [0.1, 0.15) is 5.56 Å². The van der Waals surface area contributed by atoms with Crippen LogP contribution in [0.1, 0.15) is 10.4 Å². The van der Waals surface area contributed by atoms with Crippen molar-refractivity contribution in [1.29, 1.82) is 0 Å². The number of methoxy groups -OCH3 is 1. The lowest BCUT2D eigenvalue weighted by molar-refractivity contribution is 0.112. The maximum atomic E-state index is 11.2. The highest BCUT2D eigenvalue weighted by Gasteiger charge is 2.14. The number of ether oxygens (including phenoxy) is 1. The third-order valence-electron chi connectivity index (χ3n) is 2.48. The highest BCUT2D eigenvalue weighted by atomic mass is 16.5. The van der Waals surface area contributed by atoms with Crippen LogP contribution in [-0.2, 0) is 0 Å². The van der Waals surface area contributed by atoms with Gasteiger partial charge in [0, 0.05) is 12.7 Å². The van der Waals surface area contributed by atoms with Crippen LogP contribution >= 0.6 is 0 Å². The number of nitrogens with one attached hydrogen (secondary N) is 2. The molecule has 0 amide bonds. The molecule has 0 bridgehead atoms. The summed E-state index contributed by atoms with van der Waals surface area (Å²) < 4.78 is 5.09. The number of aldehydes is 1. The SMILES string of the molecule is CNc1nc(Nc2ccccc2)c(C=O)c(OC)n1. The standard InChI is InChI=1S/C13H14N4O2/c1-14-13-16-11(10(8-18)12(17-13)19-2)15-9-6-4-3-5-7-9/h3-8H,1-2H3,(H2,14,15,16,17). The number of anilines is 3. The number of nitrogens with zero attached hydrogens (tertiary/aromatic N) is 2. The van der Waals surface area contributed by atoms with Gasteiger partial charge in [0.2, 0.25) is 11.8 Å². The lowest BCUT2D eigenvalue weighted by Crippen LogP contribution is -2.07.